The van der Waals surface area contributed by atoms with Gasteiger partial charge in [0.25, 0.3) is 0 Å². The first-order valence-corrected chi connectivity index (χ1v) is 9.54. The van der Waals surface area contributed by atoms with Gasteiger partial charge in [-0.25, -0.2) is 0 Å². The number of carbonyl (C=O) groups excluding carboxylic acids is 2. The third-order valence-electron chi connectivity index (χ3n) is 5.32. The molecule has 2 saturated heterocycles. The van der Waals surface area contributed by atoms with Crippen molar-refractivity contribution in [3.8, 4) is 0 Å². The molecule has 2 unspecified atom stereocenters. The Morgan fingerprint density at radius 1 is 1.04 bits per heavy atom. The molecule has 148 valence electrons. The molecule has 0 aromatic heterocycles. The van der Waals surface area contributed by atoms with E-state index >= 15 is 0 Å². The van der Waals surface area contributed by atoms with Crippen molar-refractivity contribution in [2.24, 2.45) is 10.9 Å². The Morgan fingerprint density at radius 2 is 1.65 bits per heavy atom. The quantitative estimate of drug-likeness (QED) is 0.419. The monoisotopic (exact) mass is 367 g/mol. The molecule has 2 rings (SSSR count). The van der Waals surface area contributed by atoms with E-state index in [2.05, 4.69) is 20.1 Å². The molecular weight excluding hydrogens is 334 g/mol. The Kier molecular flexibility index (Phi) is 7.68. The molecule has 0 aliphatic carbocycles. The third kappa shape index (κ3) is 5.09. The van der Waals surface area contributed by atoms with Crippen molar-refractivity contribution < 1.29 is 14.3 Å². The van der Waals surface area contributed by atoms with Gasteiger partial charge in [0.1, 0.15) is 0 Å². The third-order valence-corrected chi connectivity index (χ3v) is 5.32. The summed E-state index contributed by atoms with van der Waals surface area (Å²) >= 11 is 0. The summed E-state index contributed by atoms with van der Waals surface area (Å²) in [6.45, 7) is 9.41. The number of nitrogens with one attached hydrogen (secondary N) is 1. The number of hydrogen-bond acceptors (Lipinski definition) is 5. The van der Waals surface area contributed by atoms with Crippen molar-refractivity contribution in [1.82, 2.24) is 20.0 Å². The van der Waals surface area contributed by atoms with Gasteiger partial charge in [0, 0.05) is 52.9 Å². The Hall–Kier alpha value is -1.83. The second-order valence-corrected chi connectivity index (χ2v) is 7.08. The summed E-state index contributed by atoms with van der Waals surface area (Å²) in [5.41, 5.74) is 0. The Balaban J connectivity index is 1.80. The number of esters is 1. The summed E-state index contributed by atoms with van der Waals surface area (Å²) in [6.07, 6.45) is 2.25. The normalized spacial score (nSPS) is 21.5. The van der Waals surface area contributed by atoms with Crippen molar-refractivity contribution in [3.05, 3.63) is 0 Å². The zero-order valence-electron chi connectivity index (χ0n) is 16.5. The van der Waals surface area contributed by atoms with Gasteiger partial charge in [-0.3, -0.25) is 19.5 Å². The van der Waals surface area contributed by atoms with Crippen LogP contribution >= 0.6 is 0 Å². The van der Waals surface area contributed by atoms with Gasteiger partial charge in [0.15, 0.2) is 5.96 Å². The van der Waals surface area contributed by atoms with E-state index in [1.807, 2.05) is 18.7 Å². The van der Waals surface area contributed by atoms with Crippen molar-refractivity contribution in [2.45, 2.75) is 32.7 Å². The molecule has 26 heavy (non-hydrogen) atoms. The minimum atomic E-state index is -0.230. The van der Waals surface area contributed by atoms with Gasteiger partial charge in [0.05, 0.1) is 19.1 Å². The molecule has 2 heterocycles. The van der Waals surface area contributed by atoms with Crippen molar-refractivity contribution >= 4 is 17.8 Å². The van der Waals surface area contributed by atoms with Gasteiger partial charge in [-0.2, -0.15) is 0 Å². The molecule has 1 N–H and O–H groups in total. The fraction of sp³-hybridized carbons (Fsp3) is 0.833. The van der Waals surface area contributed by atoms with Crippen LogP contribution in [0.25, 0.3) is 0 Å². The molecule has 1 amide bonds. The van der Waals surface area contributed by atoms with Crippen LogP contribution in [-0.2, 0) is 14.3 Å². The van der Waals surface area contributed by atoms with E-state index in [1.54, 1.807) is 7.05 Å². The zero-order chi connectivity index (χ0) is 19.1. The Bertz CT molecular complexity index is 511. The van der Waals surface area contributed by atoms with Crippen LogP contribution in [0.1, 0.15) is 26.7 Å². The molecule has 2 fully saturated rings. The van der Waals surface area contributed by atoms with Crippen molar-refractivity contribution in [1.29, 1.82) is 0 Å². The highest BCUT2D eigenvalue weighted by molar-refractivity contribution is 5.82. The molecule has 0 aromatic carbocycles. The number of guanidine groups is 1. The Morgan fingerprint density at radius 3 is 2.19 bits per heavy atom. The summed E-state index contributed by atoms with van der Waals surface area (Å²) in [7, 11) is 3.15. The SMILES string of the molecule is CN=C(NCC(C)C(=O)OC)N1CCN(C(C)C(=O)N2CCCC2)CC1. The van der Waals surface area contributed by atoms with Gasteiger partial charge >= 0.3 is 5.97 Å². The fourth-order valence-electron chi connectivity index (χ4n) is 3.54. The second-order valence-electron chi connectivity index (χ2n) is 7.08. The molecule has 0 radical (unpaired) electrons. The standard InChI is InChI=1S/C18H33N5O3/c1-14(17(25)26-4)13-20-18(19-3)23-11-9-21(10-12-23)15(2)16(24)22-7-5-6-8-22/h14-15H,5-13H2,1-4H3,(H,19,20). The van der Waals surface area contributed by atoms with Crippen LogP contribution in [0.5, 0.6) is 0 Å². The minimum absolute atomic E-state index is 0.0652. The van der Waals surface area contributed by atoms with E-state index < -0.39 is 0 Å². The zero-order valence-corrected chi connectivity index (χ0v) is 16.5. The average molecular weight is 367 g/mol. The lowest BCUT2D eigenvalue weighted by Crippen LogP contribution is -2.57. The van der Waals surface area contributed by atoms with E-state index in [1.165, 1.54) is 7.11 Å². The van der Waals surface area contributed by atoms with Crippen LogP contribution in [0.3, 0.4) is 0 Å². The van der Waals surface area contributed by atoms with Gasteiger partial charge in [-0.1, -0.05) is 6.92 Å². The van der Waals surface area contributed by atoms with Gasteiger partial charge in [0.2, 0.25) is 5.91 Å². The van der Waals surface area contributed by atoms with Crippen LogP contribution in [-0.4, -0.2) is 98.5 Å². The summed E-state index contributed by atoms with van der Waals surface area (Å²) in [4.78, 5) is 34.8. The lowest BCUT2D eigenvalue weighted by atomic mass is 10.2. The lowest BCUT2D eigenvalue weighted by Gasteiger charge is -2.39. The number of likely N-dealkylation sites (tertiary alicyclic amines) is 1. The Labute approximate surface area is 156 Å². The van der Waals surface area contributed by atoms with Gasteiger partial charge < -0.3 is 19.9 Å². The number of carbonyl (C=O) groups is 2. The summed E-state index contributed by atoms with van der Waals surface area (Å²) in [5.74, 6) is 0.590. The molecule has 8 nitrogen and oxygen atoms in total. The summed E-state index contributed by atoms with van der Waals surface area (Å²) < 4.78 is 4.75. The predicted molar refractivity (Wildman–Crippen MR) is 101 cm³/mol. The van der Waals surface area contributed by atoms with E-state index in [9.17, 15) is 9.59 Å². The highest BCUT2D eigenvalue weighted by Gasteiger charge is 2.30. The largest absolute Gasteiger partial charge is 0.469 e. The van der Waals surface area contributed by atoms with E-state index in [0.717, 1.165) is 58.1 Å². The summed E-state index contributed by atoms with van der Waals surface area (Å²) in [5, 5.41) is 3.25. The first-order valence-electron chi connectivity index (χ1n) is 9.54. The topological polar surface area (TPSA) is 77.5 Å². The second kappa shape index (κ2) is 9.75. The van der Waals surface area contributed by atoms with Crippen LogP contribution in [0.2, 0.25) is 0 Å². The lowest BCUT2D eigenvalue weighted by molar-refractivity contribution is -0.144. The number of hydrogen-bond donors (Lipinski definition) is 1. The van der Waals surface area contributed by atoms with Crippen LogP contribution in [0.15, 0.2) is 4.99 Å². The summed E-state index contributed by atoms with van der Waals surface area (Å²) in [6, 6.07) is -0.0652. The smallest absolute Gasteiger partial charge is 0.310 e. The molecule has 2 atom stereocenters. The molecule has 0 bridgehead atoms. The number of ether oxygens (including phenoxy) is 1. The van der Waals surface area contributed by atoms with Crippen LogP contribution in [0.4, 0.5) is 0 Å². The van der Waals surface area contributed by atoms with Crippen molar-refractivity contribution in [3.63, 3.8) is 0 Å². The molecule has 0 aromatic rings. The maximum Gasteiger partial charge on any atom is 0.310 e. The molecule has 2 aliphatic rings. The maximum atomic E-state index is 12.6. The first-order chi connectivity index (χ1) is 12.5. The predicted octanol–water partition coefficient (Wildman–Crippen LogP) is -0.000600. The number of rotatable bonds is 5. The minimum Gasteiger partial charge on any atom is -0.469 e. The highest BCUT2D eigenvalue weighted by atomic mass is 16.5. The van der Waals surface area contributed by atoms with Gasteiger partial charge in [-0.05, 0) is 19.8 Å². The number of piperazine rings is 1. The number of methoxy groups -OCH3 is 1. The maximum absolute atomic E-state index is 12.6. The molecular formula is C18H33N5O3. The van der Waals surface area contributed by atoms with Crippen molar-refractivity contribution in [2.75, 3.05) is 60.0 Å². The van der Waals surface area contributed by atoms with Crippen LogP contribution in [0, 0.1) is 5.92 Å². The highest BCUT2D eigenvalue weighted by Crippen LogP contribution is 2.14. The van der Waals surface area contributed by atoms with Gasteiger partial charge in [-0.15, -0.1) is 0 Å². The molecule has 0 saturated carbocycles. The number of aliphatic imine (C=N–C) groups is 1. The molecule has 0 spiro atoms. The number of nitrogens with zero attached hydrogens (tertiary/aromatic N) is 4. The average Bonchev–Trinajstić information content (AvgIpc) is 3.21. The van der Waals surface area contributed by atoms with Crippen LogP contribution < -0.4 is 5.32 Å². The number of amides is 1. The first kappa shape index (κ1) is 20.5. The fourth-order valence-corrected chi connectivity index (χ4v) is 3.54. The van der Waals surface area contributed by atoms with E-state index in [-0.39, 0.29) is 23.8 Å². The molecule has 8 heteroatoms. The van der Waals surface area contributed by atoms with E-state index in [4.69, 9.17) is 4.74 Å². The molecule has 2 aliphatic heterocycles. The van der Waals surface area contributed by atoms with E-state index in [0.29, 0.717) is 6.54 Å².